The van der Waals surface area contributed by atoms with Crippen LogP contribution in [0, 0.1) is 6.92 Å². The number of rotatable bonds is 3. The monoisotopic (exact) mass is 358 g/mol. The topological polar surface area (TPSA) is 79.1 Å². The van der Waals surface area contributed by atoms with Crippen molar-refractivity contribution in [2.45, 2.75) is 52.7 Å². The van der Waals surface area contributed by atoms with E-state index >= 15 is 0 Å². The molecule has 0 saturated carbocycles. The van der Waals surface area contributed by atoms with Crippen molar-refractivity contribution in [3.05, 3.63) is 39.9 Å². The Bertz CT molecular complexity index is 919. The smallest absolute Gasteiger partial charge is 0.462 e. The molecule has 3 rings (SSSR count). The standard InChI is InChI=1S/C18H23BN2O5/c1-7-24-16(23)13-9-20-14-11(2)8-12(10-21(14)15(13)22)19-25-17(3,4)18(5,6)26-19/h8-10H,7H2,1-6H3. The van der Waals surface area contributed by atoms with Crippen molar-refractivity contribution >= 4 is 24.2 Å². The number of aryl methyl sites for hydroxylation is 1. The maximum Gasteiger partial charge on any atom is 0.496 e. The average Bonchev–Trinajstić information content (AvgIpc) is 2.76. The minimum atomic E-state index is -0.682. The van der Waals surface area contributed by atoms with Crippen LogP contribution >= 0.6 is 0 Å². The molecule has 1 aliphatic rings. The number of carbonyl (C=O) groups is 1. The summed E-state index contributed by atoms with van der Waals surface area (Å²) in [4.78, 5) is 29.0. The summed E-state index contributed by atoms with van der Waals surface area (Å²) < 4.78 is 18.4. The number of hydrogen-bond donors (Lipinski definition) is 0. The van der Waals surface area contributed by atoms with Crippen LogP contribution in [0.15, 0.2) is 23.3 Å². The molecule has 7 nitrogen and oxygen atoms in total. The fourth-order valence-corrected chi connectivity index (χ4v) is 2.84. The van der Waals surface area contributed by atoms with Crippen molar-refractivity contribution in [2.24, 2.45) is 0 Å². The van der Waals surface area contributed by atoms with Gasteiger partial charge in [-0.3, -0.25) is 9.20 Å². The van der Waals surface area contributed by atoms with E-state index in [1.54, 1.807) is 13.1 Å². The summed E-state index contributed by atoms with van der Waals surface area (Å²) >= 11 is 0. The number of carbonyl (C=O) groups excluding carboxylic acids is 1. The predicted octanol–water partition coefficient (Wildman–Crippen LogP) is 1.48. The molecule has 0 atom stereocenters. The lowest BCUT2D eigenvalue weighted by molar-refractivity contribution is 0.00578. The van der Waals surface area contributed by atoms with Crippen LogP contribution in [-0.2, 0) is 14.0 Å². The van der Waals surface area contributed by atoms with Crippen LogP contribution in [0.4, 0.5) is 0 Å². The van der Waals surface area contributed by atoms with Crippen molar-refractivity contribution in [2.75, 3.05) is 6.61 Å². The Balaban J connectivity index is 2.11. The highest BCUT2D eigenvalue weighted by Gasteiger charge is 2.51. The highest BCUT2D eigenvalue weighted by Crippen LogP contribution is 2.36. The number of esters is 1. The van der Waals surface area contributed by atoms with Crippen molar-refractivity contribution in [1.82, 2.24) is 9.38 Å². The third kappa shape index (κ3) is 2.93. The average molecular weight is 358 g/mol. The van der Waals surface area contributed by atoms with E-state index in [2.05, 4.69) is 4.98 Å². The number of nitrogens with zero attached hydrogens (tertiary/aromatic N) is 2. The Morgan fingerprint density at radius 3 is 2.46 bits per heavy atom. The number of ether oxygens (including phenoxy) is 1. The van der Waals surface area contributed by atoms with Gasteiger partial charge in [0.15, 0.2) is 0 Å². The Morgan fingerprint density at radius 1 is 1.27 bits per heavy atom. The van der Waals surface area contributed by atoms with E-state index in [1.807, 2.05) is 40.7 Å². The predicted molar refractivity (Wildman–Crippen MR) is 97.9 cm³/mol. The summed E-state index contributed by atoms with van der Waals surface area (Å²) in [6.07, 6.45) is 2.87. The first-order valence-corrected chi connectivity index (χ1v) is 8.62. The molecule has 1 aliphatic heterocycles. The molecular formula is C18H23BN2O5. The summed E-state index contributed by atoms with van der Waals surface area (Å²) in [7, 11) is -0.610. The van der Waals surface area contributed by atoms with Crippen LogP contribution in [0.3, 0.4) is 0 Å². The number of hydrogen-bond acceptors (Lipinski definition) is 6. The second-order valence-electron chi connectivity index (χ2n) is 7.44. The van der Waals surface area contributed by atoms with Gasteiger partial charge >= 0.3 is 13.1 Å². The Hall–Kier alpha value is -2.19. The molecule has 0 unspecified atom stereocenters. The number of fused-ring (bicyclic) bond motifs is 1. The van der Waals surface area contributed by atoms with Gasteiger partial charge < -0.3 is 14.0 Å². The molecule has 8 heteroatoms. The molecule has 1 fully saturated rings. The van der Waals surface area contributed by atoms with E-state index in [0.29, 0.717) is 11.1 Å². The van der Waals surface area contributed by atoms with E-state index in [-0.39, 0.29) is 12.2 Å². The minimum absolute atomic E-state index is 0.102. The zero-order valence-corrected chi connectivity index (χ0v) is 16.0. The van der Waals surface area contributed by atoms with Gasteiger partial charge in [0.25, 0.3) is 5.56 Å². The lowest BCUT2D eigenvalue weighted by atomic mass is 9.79. The summed E-state index contributed by atoms with van der Waals surface area (Å²) in [6, 6.07) is 1.88. The van der Waals surface area contributed by atoms with Gasteiger partial charge in [0.05, 0.1) is 17.8 Å². The van der Waals surface area contributed by atoms with Gasteiger partial charge in [-0.05, 0) is 52.6 Å². The first-order valence-electron chi connectivity index (χ1n) is 8.62. The molecule has 0 amide bonds. The Labute approximate surface area is 152 Å². The third-order valence-corrected chi connectivity index (χ3v) is 5.03. The van der Waals surface area contributed by atoms with Crippen molar-refractivity contribution in [3.63, 3.8) is 0 Å². The Kier molecular flexibility index (Phi) is 4.44. The lowest BCUT2D eigenvalue weighted by Gasteiger charge is -2.32. The summed E-state index contributed by atoms with van der Waals surface area (Å²) in [5.74, 6) is -0.682. The largest absolute Gasteiger partial charge is 0.496 e. The van der Waals surface area contributed by atoms with Crippen LogP contribution < -0.4 is 11.0 Å². The third-order valence-electron chi connectivity index (χ3n) is 5.03. The molecule has 0 aromatic carbocycles. The molecule has 0 spiro atoms. The van der Waals surface area contributed by atoms with Crippen molar-refractivity contribution in [1.29, 1.82) is 0 Å². The van der Waals surface area contributed by atoms with Gasteiger partial charge in [-0.25, -0.2) is 9.78 Å². The normalized spacial score (nSPS) is 18.3. The van der Waals surface area contributed by atoms with Crippen LogP contribution in [0.25, 0.3) is 5.65 Å². The molecule has 3 heterocycles. The highest BCUT2D eigenvalue weighted by atomic mass is 16.7. The van der Waals surface area contributed by atoms with Gasteiger partial charge in [0.1, 0.15) is 11.2 Å². The molecule has 0 radical (unpaired) electrons. The number of aromatic nitrogens is 2. The van der Waals surface area contributed by atoms with Crippen LogP contribution in [-0.4, -0.2) is 40.3 Å². The van der Waals surface area contributed by atoms with E-state index in [4.69, 9.17) is 14.0 Å². The molecule has 0 aliphatic carbocycles. The second-order valence-corrected chi connectivity index (χ2v) is 7.44. The van der Waals surface area contributed by atoms with Gasteiger partial charge in [-0.1, -0.05) is 6.07 Å². The minimum Gasteiger partial charge on any atom is -0.462 e. The maximum atomic E-state index is 12.8. The Morgan fingerprint density at radius 2 is 1.88 bits per heavy atom. The van der Waals surface area contributed by atoms with Gasteiger partial charge in [-0.15, -0.1) is 0 Å². The zero-order chi connectivity index (χ0) is 19.3. The van der Waals surface area contributed by atoms with Crippen LogP contribution in [0.2, 0.25) is 0 Å². The number of pyridine rings is 1. The molecule has 0 N–H and O–H groups in total. The molecular weight excluding hydrogens is 335 g/mol. The van der Waals surface area contributed by atoms with Crippen molar-refractivity contribution in [3.8, 4) is 0 Å². The molecule has 0 bridgehead atoms. The summed E-state index contributed by atoms with van der Waals surface area (Å²) in [5.41, 5.74) is 0.392. The van der Waals surface area contributed by atoms with E-state index in [0.717, 1.165) is 5.56 Å². The first-order chi connectivity index (χ1) is 12.1. The molecule has 2 aromatic heterocycles. The lowest BCUT2D eigenvalue weighted by Crippen LogP contribution is -2.41. The molecule has 1 saturated heterocycles. The molecule has 2 aromatic rings. The van der Waals surface area contributed by atoms with E-state index in [9.17, 15) is 9.59 Å². The van der Waals surface area contributed by atoms with Crippen LogP contribution in [0.5, 0.6) is 0 Å². The fraction of sp³-hybridized carbons (Fsp3) is 0.500. The zero-order valence-electron chi connectivity index (χ0n) is 16.0. The fourth-order valence-electron chi connectivity index (χ4n) is 2.84. The molecule has 138 valence electrons. The second kappa shape index (κ2) is 6.21. The quantitative estimate of drug-likeness (QED) is 0.611. The first kappa shape index (κ1) is 18.6. The van der Waals surface area contributed by atoms with Gasteiger partial charge in [-0.2, -0.15) is 0 Å². The van der Waals surface area contributed by atoms with E-state index in [1.165, 1.54) is 10.6 Å². The van der Waals surface area contributed by atoms with E-state index < -0.39 is 29.8 Å². The summed E-state index contributed by atoms with van der Waals surface area (Å²) in [5, 5.41) is 0. The van der Waals surface area contributed by atoms with Crippen LogP contribution in [0.1, 0.15) is 50.5 Å². The van der Waals surface area contributed by atoms with Crippen molar-refractivity contribution < 1.29 is 18.8 Å². The molecule has 26 heavy (non-hydrogen) atoms. The maximum absolute atomic E-state index is 12.8. The highest BCUT2D eigenvalue weighted by molar-refractivity contribution is 6.62. The summed E-state index contributed by atoms with van der Waals surface area (Å²) in [6.45, 7) is 11.6. The van der Waals surface area contributed by atoms with Gasteiger partial charge in [0.2, 0.25) is 0 Å². The SMILES string of the molecule is CCOC(=O)c1cnc2c(C)cc(B3OC(C)(C)C(C)(C)O3)cn2c1=O. The van der Waals surface area contributed by atoms with Gasteiger partial charge in [0, 0.05) is 12.4 Å².